The monoisotopic (exact) mass is 374 g/mol. The van der Waals surface area contributed by atoms with Crippen LogP contribution < -0.4 is 15.5 Å². The third kappa shape index (κ3) is 5.47. The molecule has 0 bridgehead atoms. The lowest BCUT2D eigenvalue weighted by Crippen LogP contribution is -2.44. The molecule has 2 aromatic rings. The molecular formula is C20H30N4OS. The molecular weight excluding hydrogens is 344 g/mol. The van der Waals surface area contributed by atoms with Gasteiger partial charge < -0.3 is 20.6 Å². The highest BCUT2D eigenvalue weighted by atomic mass is 32.1. The number of anilines is 1. The van der Waals surface area contributed by atoms with Crippen LogP contribution in [-0.4, -0.2) is 38.3 Å². The quantitative estimate of drug-likeness (QED) is 0.515. The first-order valence-corrected chi connectivity index (χ1v) is 9.77. The van der Waals surface area contributed by atoms with E-state index in [9.17, 15) is 5.11 Å². The second-order valence-electron chi connectivity index (χ2n) is 6.83. The van der Waals surface area contributed by atoms with E-state index >= 15 is 0 Å². The van der Waals surface area contributed by atoms with Crippen molar-refractivity contribution >= 4 is 23.0 Å². The summed E-state index contributed by atoms with van der Waals surface area (Å²) in [5.74, 6) is 0.703. The molecule has 142 valence electrons. The molecule has 0 fully saturated rings. The number of benzene rings is 1. The van der Waals surface area contributed by atoms with Gasteiger partial charge in [-0.2, -0.15) is 0 Å². The van der Waals surface area contributed by atoms with Gasteiger partial charge in [-0.15, -0.1) is 11.3 Å². The summed E-state index contributed by atoms with van der Waals surface area (Å²) in [5, 5.41) is 19.2. The topological polar surface area (TPSA) is 59.9 Å². The first-order valence-electron chi connectivity index (χ1n) is 8.89. The predicted octanol–water partition coefficient (Wildman–Crippen LogP) is 3.09. The summed E-state index contributed by atoms with van der Waals surface area (Å²) in [6.45, 7) is 7.68. The second-order valence-corrected chi connectivity index (χ2v) is 7.77. The molecule has 3 N–H and O–H groups in total. The van der Waals surface area contributed by atoms with E-state index < -0.39 is 5.60 Å². The van der Waals surface area contributed by atoms with Crippen molar-refractivity contribution in [2.75, 3.05) is 32.1 Å². The van der Waals surface area contributed by atoms with E-state index in [2.05, 4.69) is 40.7 Å². The SMILES string of the molecule is CCNC(=NCc1ccc(C)cc1N(C)C)NCC(C)(O)c1cccs1. The van der Waals surface area contributed by atoms with E-state index in [4.69, 9.17) is 4.99 Å². The molecule has 0 aliphatic rings. The van der Waals surface area contributed by atoms with Crippen LogP contribution in [0.2, 0.25) is 0 Å². The van der Waals surface area contributed by atoms with E-state index in [0.717, 1.165) is 11.4 Å². The minimum Gasteiger partial charge on any atom is -0.383 e. The molecule has 1 aromatic heterocycles. The third-order valence-corrected chi connectivity index (χ3v) is 5.25. The smallest absolute Gasteiger partial charge is 0.191 e. The molecule has 0 saturated carbocycles. The van der Waals surface area contributed by atoms with Crippen LogP contribution in [0.25, 0.3) is 0 Å². The Balaban J connectivity index is 2.10. The molecule has 0 aliphatic heterocycles. The van der Waals surface area contributed by atoms with E-state index in [0.29, 0.717) is 19.0 Å². The van der Waals surface area contributed by atoms with Crippen molar-refractivity contribution in [3.63, 3.8) is 0 Å². The Bertz CT molecular complexity index is 723. The molecule has 6 heteroatoms. The van der Waals surface area contributed by atoms with Gasteiger partial charge in [-0.1, -0.05) is 18.2 Å². The van der Waals surface area contributed by atoms with Crippen molar-refractivity contribution in [1.82, 2.24) is 10.6 Å². The van der Waals surface area contributed by atoms with Crippen LogP contribution >= 0.6 is 11.3 Å². The molecule has 1 atom stereocenters. The third-order valence-electron chi connectivity index (χ3n) is 4.13. The van der Waals surface area contributed by atoms with Crippen LogP contribution in [0.3, 0.4) is 0 Å². The lowest BCUT2D eigenvalue weighted by Gasteiger charge is -2.24. The van der Waals surface area contributed by atoms with Gasteiger partial charge in [0.15, 0.2) is 5.96 Å². The zero-order valence-electron chi connectivity index (χ0n) is 16.3. The van der Waals surface area contributed by atoms with E-state index in [1.165, 1.54) is 16.8 Å². The molecule has 0 saturated heterocycles. The molecule has 1 heterocycles. The molecule has 0 spiro atoms. The lowest BCUT2D eigenvalue weighted by molar-refractivity contribution is 0.0655. The summed E-state index contributed by atoms with van der Waals surface area (Å²) in [7, 11) is 4.09. The van der Waals surface area contributed by atoms with Gasteiger partial charge in [0, 0.05) is 31.2 Å². The fourth-order valence-electron chi connectivity index (χ4n) is 2.66. The number of thiophene rings is 1. The number of nitrogens with one attached hydrogen (secondary N) is 2. The Morgan fingerprint density at radius 2 is 2.04 bits per heavy atom. The largest absolute Gasteiger partial charge is 0.383 e. The van der Waals surface area contributed by atoms with Gasteiger partial charge in [0.25, 0.3) is 0 Å². The van der Waals surface area contributed by atoms with Crippen molar-refractivity contribution in [3.8, 4) is 0 Å². The highest BCUT2D eigenvalue weighted by Gasteiger charge is 2.24. The average molecular weight is 375 g/mol. The van der Waals surface area contributed by atoms with Crippen molar-refractivity contribution in [1.29, 1.82) is 0 Å². The molecule has 2 rings (SSSR count). The van der Waals surface area contributed by atoms with Crippen LogP contribution in [0.1, 0.15) is 29.9 Å². The highest BCUT2D eigenvalue weighted by molar-refractivity contribution is 7.10. The lowest BCUT2D eigenvalue weighted by atomic mass is 10.1. The molecule has 0 aliphatic carbocycles. The minimum absolute atomic E-state index is 0.397. The zero-order valence-corrected chi connectivity index (χ0v) is 17.2. The predicted molar refractivity (Wildman–Crippen MR) is 112 cm³/mol. The van der Waals surface area contributed by atoms with Gasteiger partial charge in [-0.05, 0) is 49.4 Å². The van der Waals surface area contributed by atoms with E-state index in [1.54, 1.807) is 11.3 Å². The number of nitrogens with zero attached hydrogens (tertiary/aromatic N) is 2. The minimum atomic E-state index is -0.928. The average Bonchev–Trinajstić information content (AvgIpc) is 3.13. The number of aliphatic hydroxyl groups is 1. The first kappa shape index (κ1) is 20.3. The highest BCUT2D eigenvalue weighted by Crippen LogP contribution is 2.24. The normalized spacial score (nSPS) is 14.0. The number of aliphatic imine (C=N–C) groups is 1. The fraction of sp³-hybridized carbons (Fsp3) is 0.450. The molecule has 1 aromatic carbocycles. The second kappa shape index (κ2) is 9.05. The molecule has 0 radical (unpaired) electrons. The van der Waals surface area contributed by atoms with Crippen molar-refractivity contribution in [3.05, 3.63) is 51.7 Å². The Morgan fingerprint density at radius 1 is 1.27 bits per heavy atom. The Labute approximate surface area is 160 Å². The van der Waals surface area contributed by atoms with Crippen LogP contribution in [0.5, 0.6) is 0 Å². The van der Waals surface area contributed by atoms with E-state index in [-0.39, 0.29) is 0 Å². The first-order chi connectivity index (χ1) is 12.3. The van der Waals surface area contributed by atoms with Crippen LogP contribution in [0.15, 0.2) is 40.7 Å². The maximum Gasteiger partial charge on any atom is 0.191 e. The summed E-state index contributed by atoms with van der Waals surface area (Å²) in [5.41, 5.74) is 2.65. The molecule has 5 nitrogen and oxygen atoms in total. The van der Waals surface area contributed by atoms with E-state index in [1.807, 2.05) is 45.5 Å². The molecule has 0 amide bonds. The van der Waals surface area contributed by atoms with Crippen LogP contribution in [0, 0.1) is 6.92 Å². The maximum absolute atomic E-state index is 10.7. The van der Waals surface area contributed by atoms with Gasteiger partial charge in [0.1, 0.15) is 5.60 Å². The summed E-state index contributed by atoms with van der Waals surface area (Å²) in [6, 6.07) is 10.3. The molecule has 1 unspecified atom stereocenters. The number of rotatable bonds is 7. The van der Waals surface area contributed by atoms with Gasteiger partial charge in [-0.3, -0.25) is 0 Å². The van der Waals surface area contributed by atoms with Gasteiger partial charge in [-0.25, -0.2) is 4.99 Å². The summed E-state index contributed by atoms with van der Waals surface area (Å²) in [6.07, 6.45) is 0. The van der Waals surface area contributed by atoms with Gasteiger partial charge >= 0.3 is 0 Å². The number of guanidine groups is 1. The van der Waals surface area contributed by atoms with Crippen molar-refractivity contribution < 1.29 is 5.11 Å². The molecule has 26 heavy (non-hydrogen) atoms. The maximum atomic E-state index is 10.7. The van der Waals surface area contributed by atoms with Crippen molar-refractivity contribution in [2.24, 2.45) is 4.99 Å². The summed E-state index contributed by atoms with van der Waals surface area (Å²) >= 11 is 1.56. The zero-order chi connectivity index (χ0) is 19.2. The number of hydrogen-bond acceptors (Lipinski definition) is 4. The van der Waals surface area contributed by atoms with Gasteiger partial charge in [0.05, 0.1) is 13.1 Å². The van der Waals surface area contributed by atoms with Gasteiger partial charge in [0.2, 0.25) is 0 Å². The summed E-state index contributed by atoms with van der Waals surface area (Å²) < 4.78 is 0. The fourth-order valence-corrected chi connectivity index (χ4v) is 3.44. The van der Waals surface area contributed by atoms with Crippen molar-refractivity contribution in [2.45, 2.75) is 32.9 Å². The summed E-state index contributed by atoms with van der Waals surface area (Å²) in [4.78, 5) is 7.75. The Hall–Kier alpha value is -2.05. The Kier molecular flexibility index (Phi) is 7.06. The van der Waals surface area contributed by atoms with Crippen LogP contribution in [0.4, 0.5) is 5.69 Å². The number of aryl methyl sites for hydroxylation is 1. The standard InChI is InChI=1S/C20H30N4OS/c1-6-21-19(23-14-20(3,25)18-8-7-11-26-18)22-13-16-10-9-15(2)12-17(16)24(4)5/h7-12,25H,6,13-14H2,1-5H3,(H2,21,22,23). The Morgan fingerprint density at radius 3 is 2.65 bits per heavy atom. The van der Waals surface area contributed by atoms with Crippen LogP contribution in [-0.2, 0) is 12.1 Å². The number of hydrogen-bond donors (Lipinski definition) is 3.